The molecule has 2 aliphatic rings. The molecule has 0 bridgehead atoms. The van der Waals surface area contributed by atoms with Gasteiger partial charge in [0.15, 0.2) is 15.5 Å². The Bertz CT molecular complexity index is 4300. The zero-order chi connectivity index (χ0) is 69.2. The van der Waals surface area contributed by atoms with Gasteiger partial charge in [-0.05, 0) is 105 Å². The highest BCUT2D eigenvalue weighted by atomic mass is 35.5. The number of amides is 2. The Labute approximate surface area is 527 Å². The zero-order valence-corrected chi connectivity index (χ0v) is 51.9. The van der Waals surface area contributed by atoms with Crippen LogP contribution in [0.4, 0.5) is 43.9 Å². The maximum Gasteiger partial charge on any atom is 0.524 e. The van der Waals surface area contributed by atoms with Crippen molar-refractivity contribution in [1.29, 1.82) is 0 Å². The molecule has 3 heterocycles. The van der Waals surface area contributed by atoms with Crippen LogP contribution in [0.1, 0.15) is 119 Å². The fourth-order valence-corrected chi connectivity index (χ4v) is 12.2. The summed E-state index contributed by atoms with van der Waals surface area (Å²) in [6.45, 7) is -0.314. The van der Waals surface area contributed by atoms with E-state index in [2.05, 4.69) is 32.3 Å². The summed E-state index contributed by atoms with van der Waals surface area (Å²) >= 11 is 3.55. The van der Waals surface area contributed by atoms with E-state index in [9.17, 15) is 95.7 Å². The highest BCUT2D eigenvalue weighted by molar-refractivity contribution is 7.92. The Hall–Kier alpha value is -7.84. The molecular weight excluding hydrogens is 1350 g/mol. The Morgan fingerprint density at radius 3 is 2.17 bits per heavy atom. The van der Waals surface area contributed by atoms with Crippen molar-refractivity contribution in [3.05, 3.63) is 128 Å². The van der Waals surface area contributed by atoms with Crippen molar-refractivity contribution >= 4 is 81.0 Å². The van der Waals surface area contributed by atoms with Gasteiger partial charge in [-0.3, -0.25) is 42.9 Å². The molecule has 2 amide bonds. The van der Waals surface area contributed by atoms with Gasteiger partial charge in [-0.25, -0.2) is 35.8 Å². The van der Waals surface area contributed by atoms with Gasteiger partial charge in [0.05, 0.1) is 47.5 Å². The topological polar surface area (TPSA) is 340 Å². The second-order valence-electron chi connectivity index (χ2n) is 22.6. The summed E-state index contributed by atoms with van der Waals surface area (Å²) in [4.78, 5) is 88.5. The van der Waals surface area contributed by atoms with Crippen LogP contribution in [-0.2, 0) is 83.0 Å². The van der Waals surface area contributed by atoms with E-state index < -0.39 is 224 Å². The van der Waals surface area contributed by atoms with Crippen LogP contribution in [-0.4, -0.2) is 125 Å². The number of carboxylic acids is 2. The number of alkyl halides is 8. The molecule has 0 aliphatic heterocycles. The predicted octanol–water partition coefficient (Wildman–Crippen LogP) is 8.43. The minimum Gasteiger partial charge on any atom is -0.481 e. The average molecular weight is 1400 g/mol. The van der Waals surface area contributed by atoms with E-state index in [1.165, 1.54) is 27.7 Å². The van der Waals surface area contributed by atoms with Crippen molar-refractivity contribution in [2.45, 2.75) is 120 Å². The third-order valence-corrected chi connectivity index (χ3v) is 18.5. The smallest absolute Gasteiger partial charge is 0.481 e. The van der Waals surface area contributed by atoms with Gasteiger partial charge in [0.2, 0.25) is 17.2 Å². The number of phosphoric acid groups is 1. The molecule has 2 aliphatic carbocycles. The van der Waals surface area contributed by atoms with Crippen LogP contribution in [0.3, 0.4) is 0 Å². The molecule has 500 valence electrons. The number of carbonyl (C=O) groups excluding carboxylic acids is 3. The van der Waals surface area contributed by atoms with Gasteiger partial charge in [0, 0.05) is 57.9 Å². The highest BCUT2D eigenvalue weighted by Crippen LogP contribution is 2.68. The lowest BCUT2D eigenvalue weighted by molar-refractivity contribution is -0.145. The normalized spacial score (nSPS) is 16.8. The number of aryl methyl sites for hydroxylation is 1. The molecule has 1 fully saturated rings. The molecule has 3 aromatic heterocycles. The van der Waals surface area contributed by atoms with Crippen molar-refractivity contribution in [2.75, 3.05) is 12.8 Å². The third kappa shape index (κ3) is 16.2. The second kappa shape index (κ2) is 26.2. The summed E-state index contributed by atoms with van der Waals surface area (Å²) < 4.78 is 214. The van der Waals surface area contributed by atoms with E-state index >= 15 is 8.78 Å². The number of ketones is 1. The van der Waals surface area contributed by atoms with Crippen molar-refractivity contribution in [3.63, 3.8) is 0 Å². The first-order valence-electron chi connectivity index (χ1n) is 27.2. The number of Topliss-reactive ketones (excluding diaryl/α,β-unsaturated/α-hetero) is 1. The molecular formula is C56H52ClF10N8O15PS2. The molecule has 2 unspecified atom stereocenters. The van der Waals surface area contributed by atoms with Gasteiger partial charge >= 0.3 is 32.1 Å². The molecule has 6 atom stereocenters. The van der Waals surface area contributed by atoms with Crippen molar-refractivity contribution < 1.29 is 114 Å². The van der Waals surface area contributed by atoms with Crippen LogP contribution in [0.2, 0.25) is 5.02 Å². The van der Waals surface area contributed by atoms with Gasteiger partial charge < -0.3 is 25.4 Å². The molecule has 0 spiro atoms. The monoisotopic (exact) mass is 1400 g/mol. The van der Waals surface area contributed by atoms with Gasteiger partial charge in [-0.2, -0.15) is 49.6 Å². The number of sulfone groups is 1. The first kappa shape index (κ1) is 71.0. The van der Waals surface area contributed by atoms with E-state index in [0.717, 1.165) is 54.8 Å². The molecule has 6 aromatic rings. The molecule has 0 radical (unpaired) electrons. The van der Waals surface area contributed by atoms with Gasteiger partial charge in [0.25, 0.3) is 11.8 Å². The maximum absolute atomic E-state index is 15.7. The fourth-order valence-electron chi connectivity index (χ4n) is 10.8. The van der Waals surface area contributed by atoms with Crippen LogP contribution >= 0.6 is 19.4 Å². The lowest BCUT2D eigenvalue weighted by atomic mass is 9.89. The summed E-state index contributed by atoms with van der Waals surface area (Å²) in [6, 6.07) is 4.56. The van der Waals surface area contributed by atoms with E-state index in [4.69, 9.17) is 21.2 Å². The van der Waals surface area contributed by atoms with E-state index in [0.29, 0.717) is 15.1 Å². The van der Waals surface area contributed by atoms with Gasteiger partial charge in [0.1, 0.15) is 58.4 Å². The van der Waals surface area contributed by atoms with E-state index in [1.807, 2.05) is 5.32 Å². The number of hydrogen-bond donors (Lipinski definition) is 7. The predicted molar refractivity (Wildman–Crippen MR) is 307 cm³/mol. The van der Waals surface area contributed by atoms with Gasteiger partial charge in [-0.15, -0.1) is 0 Å². The van der Waals surface area contributed by atoms with Crippen molar-refractivity contribution in [3.8, 4) is 28.7 Å². The van der Waals surface area contributed by atoms with Gasteiger partial charge in [-0.1, -0.05) is 30.5 Å². The SMILES string of the molecule is Cc1cc(C(=O)N[C@@H](CC(=O)O)C(=O)O)cc(OP(=O)(O)O)c1C(C)CC(=O)CN(Cc1nn(CC(F)(F)F)c2c(-c3ccc(C#CC(C)(C)S(C)(=O)=O)nc3[C@H](Cc3cc(F)cc(F)c3)NC(=O)Cn3nc(C(F)(F)F)c4c3C(F)(F)[C@@H]3C[C@H]43)ccc(Cl)c12)S(=O)O. The number of carboxylic acid groups (broad SMARTS) is 2. The number of aliphatic carboxylic acids is 2. The Morgan fingerprint density at radius 2 is 1.59 bits per heavy atom. The number of fused-ring (bicyclic) bond motifs is 4. The summed E-state index contributed by atoms with van der Waals surface area (Å²) in [6.07, 6.45) is -12.4. The number of nitrogens with zero attached hydrogens (tertiary/aromatic N) is 6. The Balaban J connectivity index is 1.22. The average Bonchev–Trinajstić information content (AvgIpc) is 1.52. The summed E-state index contributed by atoms with van der Waals surface area (Å²) in [7, 11) is -9.47. The first-order chi connectivity index (χ1) is 42.8. The molecule has 1 saturated carbocycles. The fraction of sp³-hybridized carbons (Fsp3) is 0.393. The third-order valence-electron chi connectivity index (χ3n) is 15.1. The highest BCUT2D eigenvalue weighted by Gasteiger charge is 2.68. The summed E-state index contributed by atoms with van der Waals surface area (Å²) in [5, 5.41) is 29.6. The molecule has 3 aromatic carbocycles. The quantitative estimate of drug-likeness (QED) is 0.0129. The number of aromatic nitrogens is 5. The Kier molecular flexibility index (Phi) is 20.0. The van der Waals surface area contributed by atoms with E-state index in [1.54, 1.807) is 0 Å². The first-order valence-corrected chi connectivity index (χ1v) is 32.0. The number of phosphoric ester groups is 1. The molecule has 23 nitrogen and oxygen atoms in total. The summed E-state index contributed by atoms with van der Waals surface area (Å²) in [5.41, 5.74) is -7.16. The minimum absolute atomic E-state index is 0.0110. The minimum atomic E-state index is -5.51. The van der Waals surface area contributed by atoms with Crippen LogP contribution in [0.25, 0.3) is 22.0 Å². The van der Waals surface area contributed by atoms with Crippen LogP contribution in [0, 0.1) is 36.3 Å². The zero-order valence-electron chi connectivity index (χ0n) is 48.7. The van der Waals surface area contributed by atoms with Crippen molar-refractivity contribution in [2.24, 2.45) is 5.92 Å². The molecule has 37 heteroatoms. The number of rotatable bonds is 24. The number of nitrogens with one attached hydrogen (secondary N) is 2. The molecule has 7 N–H and O–H groups in total. The summed E-state index contributed by atoms with van der Waals surface area (Å²) in [5.74, 6) is -12.7. The number of halogens is 11. The number of carbonyl (C=O) groups is 5. The lowest BCUT2D eigenvalue weighted by Crippen LogP contribution is -2.42. The Morgan fingerprint density at radius 1 is 0.946 bits per heavy atom. The van der Waals surface area contributed by atoms with Crippen LogP contribution in [0.5, 0.6) is 5.75 Å². The number of pyridine rings is 1. The van der Waals surface area contributed by atoms with Crippen LogP contribution in [0.15, 0.2) is 54.6 Å². The largest absolute Gasteiger partial charge is 0.524 e. The standard InChI is InChI=1S/C56H52ClF10N8O15PS2/c1-25-12-28(51(80)70-39(52(81)82)20-43(78)79)17-41(90-91(83,84)85)44(25)26(2)13-32(76)21-73(92(86)87)22-40-46-37(57)9-8-34(48(46)75(71-40)24-54(60,61)62)33-7-6-31(10-11-53(3,4)93(5,88)89)68-47(33)38(16-27-14-29(58)18-30(59)15-27)69-42(77)23-74-50-45(49(72-74)56(65,66)67)35-19-36(35)55(50,63)64/h6-9,12,14-15,17-18,26,35-36,38-39H,13,16,19-24H2,1-5H3,(H,69,77)(H,70,80)(H,78,79)(H,81,82)(H,86,87)(H2,83,84,85)/t26?,35-,36+,38-,39-/m0/s1. The molecule has 93 heavy (non-hydrogen) atoms. The van der Waals surface area contributed by atoms with E-state index in [-0.39, 0.29) is 44.6 Å². The van der Waals surface area contributed by atoms with Crippen LogP contribution < -0.4 is 15.2 Å². The maximum atomic E-state index is 15.7. The molecule has 8 rings (SSSR count). The second-order valence-corrected chi connectivity index (χ2v) is 27.7. The number of benzene rings is 3. The molecule has 0 saturated heterocycles. The number of hydrogen-bond acceptors (Lipinski definition) is 13. The lowest BCUT2D eigenvalue weighted by Gasteiger charge is -2.23. The van der Waals surface area contributed by atoms with Crippen molar-refractivity contribution in [1.82, 2.24) is 39.5 Å².